The maximum Gasteiger partial charge on any atom is 0.136 e. The van der Waals surface area contributed by atoms with Gasteiger partial charge in [-0.05, 0) is 31.4 Å². The Bertz CT molecular complexity index is 501. The highest BCUT2D eigenvalue weighted by Gasteiger charge is 2.19. The first-order chi connectivity index (χ1) is 7.83. The van der Waals surface area contributed by atoms with Crippen molar-refractivity contribution >= 4 is 11.0 Å². The lowest BCUT2D eigenvalue weighted by atomic mass is 10.1. The van der Waals surface area contributed by atoms with E-state index in [-0.39, 0.29) is 11.9 Å². The smallest absolute Gasteiger partial charge is 0.136 e. The topological polar surface area (TPSA) is 58.1 Å². The van der Waals surface area contributed by atoms with E-state index in [2.05, 4.69) is 9.97 Å². The molecule has 2 aromatic rings. The van der Waals surface area contributed by atoms with Crippen LogP contribution in [0.15, 0.2) is 18.2 Å². The van der Waals surface area contributed by atoms with Gasteiger partial charge in [0, 0.05) is 12.7 Å². The van der Waals surface area contributed by atoms with Crippen molar-refractivity contribution in [2.45, 2.75) is 25.4 Å². The molecule has 1 unspecified atom stereocenters. The number of benzene rings is 1. The first-order valence-electron chi connectivity index (χ1n) is 5.63. The van der Waals surface area contributed by atoms with Crippen molar-refractivity contribution in [3.8, 4) is 5.75 Å². The molecule has 4 nitrogen and oxygen atoms in total. The SMILES string of the molecule is Oc1ccc2nc(C3CCCCO3)[nH]c2c1. The Hall–Kier alpha value is -1.55. The Morgan fingerprint density at radius 1 is 1.38 bits per heavy atom. The van der Waals surface area contributed by atoms with E-state index in [1.807, 2.05) is 6.07 Å². The molecule has 2 heterocycles. The fraction of sp³-hybridized carbons (Fsp3) is 0.417. The second kappa shape index (κ2) is 3.79. The Labute approximate surface area is 93.3 Å². The molecule has 84 valence electrons. The van der Waals surface area contributed by atoms with Gasteiger partial charge < -0.3 is 14.8 Å². The van der Waals surface area contributed by atoms with E-state index in [9.17, 15) is 5.11 Å². The lowest BCUT2D eigenvalue weighted by Crippen LogP contribution is -2.12. The van der Waals surface area contributed by atoms with Gasteiger partial charge in [-0.1, -0.05) is 0 Å². The first kappa shape index (κ1) is 9.66. The van der Waals surface area contributed by atoms with E-state index >= 15 is 0 Å². The van der Waals surface area contributed by atoms with Crippen molar-refractivity contribution in [1.82, 2.24) is 9.97 Å². The molecule has 1 saturated heterocycles. The Morgan fingerprint density at radius 3 is 3.12 bits per heavy atom. The average molecular weight is 218 g/mol. The number of aromatic amines is 1. The van der Waals surface area contributed by atoms with Crippen LogP contribution < -0.4 is 0 Å². The highest BCUT2D eigenvalue weighted by Crippen LogP contribution is 2.28. The van der Waals surface area contributed by atoms with E-state index in [0.29, 0.717) is 0 Å². The fourth-order valence-corrected chi connectivity index (χ4v) is 2.13. The normalized spacial score (nSPS) is 21.4. The van der Waals surface area contributed by atoms with Gasteiger partial charge in [-0.15, -0.1) is 0 Å². The third kappa shape index (κ3) is 1.65. The summed E-state index contributed by atoms with van der Waals surface area (Å²) in [6, 6.07) is 5.15. The Balaban J connectivity index is 1.97. The Morgan fingerprint density at radius 2 is 2.31 bits per heavy atom. The molecule has 1 aromatic heterocycles. The first-order valence-corrected chi connectivity index (χ1v) is 5.63. The maximum atomic E-state index is 9.37. The van der Waals surface area contributed by atoms with Crippen molar-refractivity contribution in [2.24, 2.45) is 0 Å². The van der Waals surface area contributed by atoms with Gasteiger partial charge in [-0.3, -0.25) is 0 Å². The molecule has 4 heteroatoms. The number of fused-ring (bicyclic) bond motifs is 1. The van der Waals surface area contributed by atoms with Crippen LogP contribution in [0.1, 0.15) is 31.2 Å². The molecule has 0 saturated carbocycles. The molecule has 1 atom stereocenters. The van der Waals surface area contributed by atoms with Crippen LogP contribution in [0.25, 0.3) is 11.0 Å². The zero-order valence-electron chi connectivity index (χ0n) is 8.94. The van der Waals surface area contributed by atoms with Crippen LogP contribution in [0.2, 0.25) is 0 Å². The molecule has 3 rings (SSSR count). The average Bonchev–Trinajstić information content (AvgIpc) is 2.73. The highest BCUT2D eigenvalue weighted by molar-refractivity contribution is 5.76. The van der Waals surface area contributed by atoms with E-state index in [1.165, 1.54) is 6.42 Å². The number of H-pyrrole nitrogens is 1. The molecule has 0 bridgehead atoms. The molecule has 1 fully saturated rings. The van der Waals surface area contributed by atoms with Gasteiger partial charge in [-0.2, -0.15) is 0 Å². The largest absolute Gasteiger partial charge is 0.508 e. The Kier molecular flexibility index (Phi) is 2.29. The van der Waals surface area contributed by atoms with Crippen LogP contribution in [-0.4, -0.2) is 21.7 Å². The molecule has 0 aliphatic carbocycles. The lowest BCUT2D eigenvalue weighted by Gasteiger charge is -2.20. The molecule has 0 radical (unpaired) electrons. The summed E-state index contributed by atoms with van der Waals surface area (Å²) in [5, 5.41) is 9.37. The van der Waals surface area contributed by atoms with Crippen molar-refractivity contribution in [3.63, 3.8) is 0 Å². The molecular weight excluding hydrogens is 204 g/mol. The highest BCUT2D eigenvalue weighted by atomic mass is 16.5. The van der Waals surface area contributed by atoms with E-state index < -0.39 is 0 Å². The number of nitrogens with zero attached hydrogens (tertiary/aromatic N) is 1. The van der Waals surface area contributed by atoms with Crippen LogP contribution in [-0.2, 0) is 4.74 Å². The van der Waals surface area contributed by atoms with Gasteiger partial charge in [0.15, 0.2) is 0 Å². The number of aromatic hydroxyl groups is 1. The molecular formula is C12H14N2O2. The number of phenols is 1. The van der Waals surface area contributed by atoms with Gasteiger partial charge in [0.25, 0.3) is 0 Å². The van der Waals surface area contributed by atoms with Crippen molar-refractivity contribution in [1.29, 1.82) is 0 Å². The molecule has 16 heavy (non-hydrogen) atoms. The maximum absolute atomic E-state index is 9.37. The zero-order valence-corrected chi connectivity index (χ0v) is 8.94. The van der Waals surface area contributed by atoms with Crippen molar-refractivity contribution in [3.05, 3.63) is 24.0 Å². The van der Waals surface area contributed by atoms with Gasteiger partial charge in [0.1, 0.15) is 17.7 Å². The number of hydrogen-bond acceptors (Lipinski definition) is 3. The number of imidazole rings is 1. The summed E-state index contributed by atoms with van der Waals surface area (Å²) in [7, 11) is 0. The minimum atomic E-state index is 0.0864. The fourth-order valence-electron chi connectivity index (χ4n) is 2.13. The molecule has 0 spiro atoms. The predicted molar refractivity (Wildman–Crippen MR) is 60.3 cm³/mol. The predicted octanol–water partition coefficient (Wildman–Crippen LogP) is 2.51. The molecule has 1 aromatic carbocycles. The summed E-state index contributed by atoms with van der Waals surface area (Å²) in [5.74, 6) is 1.13. The number of rotatable bonds is 1. The molecule has 1 aliphatic heterocycles. The van der Waals surface area contributed by atoms with Crippen LogP contribution in [0.3, 0.4) is 0 Å². The van der Waals surface area contributed by atoms with Gasteiger partial charge in [0.2, 0.25) is 0 Å². The number of ether oxygens (including phenoxy) is 1. The van der Waals surface area contributed by atoms with Crippen molar-refractivity contribution in [2.75, 3.05) is 6.61 Å². The van der Waals surface area contributed by atoms with Gasteiger partial charge in [-0.25, -0.2) is 4.98 Å². The van der Waals surface area contributed by atoms with Crippen LogP contribution in [0.4, 0.5) is 0 Å². The summed E-state index contributed by atoms with van der Waals surface area (Å²) >= 11 is 0. The number of nitrogens with one attached hydrogen (secondary N) is 1. The second-order valence-electron chi connectivity index (χ2n) is 4.18. The number of aromatic nitrogens is 2. The number of phenolic OH excluding ortho intramolecular Hbond substituents is 1. The molecule has 0 amide bonds. The molecule has 1 aliphatic rings. The van der Waals surface area contributed by atoms with E-state index in [4.69, 9.17) is 4.74 Å². The molecule has 2 N–H and O–H groups in total. The van der Waals surface area contributed by atoms with E-state index in [0.717, 1.165) is 36.3 Å². The summed E-state index contributed by atoms with van der Waals surface area (Å²) in [6.07, 6.45) is 3.43. The quantitative estimate of drug-likeness (QED) is 0.773. The zero-order chi connectivity index (χ0) is 11.0. The summed E-state index contributed by atoms with van der Waals surface area (Å²) < 4.78 is 5.67. The minimum Gasteiger partial charge on any atom is -0.508 e. The third-order valence-corrected chi connectivity index (χ3v) is 2.97. The van der Waals surface area contributed by atoms with E-state index in [1.54, 1.807) is 12.1 Å². The second-order valence-corrected chi connectivity index (χ2v) is 4.18. The van der Waals surface area contributed by atoms with Crippen LogP contribution in [0, 0.1) is 0 Å². The minimum absolute atomic E-state index is 0.0864. The van der Waals surface area contributed by atoms with Crippen LogP contribution in [0.5, 0.6) is 5.75 Å². The summed E-state index contributed by atoms with van der Waals surface area (Å²) in [6.45, 7) is 0.812. The summed E-state index contributed by atoms with van der Waals surface area (Å²) in [4.78, 5) is 7.70. The summed E-state index contributed by atoms with van der Waals surface area (Å²) in [5.41, 5.74) is 1.74. The van der Waals surface area contributed by atoms with Gasteiger partial charge >= 0.3 is 0 Å². The van der Waals surface area contributed by atoms with Crippen molar-refractivity contribution < 1.29 is 9.84 Å². The lowest BCUT2D eigenvalue weighted by molar-refractivity contribution is 0.0101. The standard InChI is InChI=1S/C12H14N2O2/c15-8-4-5-9-10(7-8)14-12(13-9)11-3-1-2-6-16-11/h4-5,7,11,15H,1-3,6H2,(H,13,14). The number of hydrogen-bond donors (Lipinski definition) is 2. The third-order valence-electron chi connectivity index (χ3n) is 2.97. The van der Waals surface area contributed by atoms with Crippen LogP contribution >= 0.6 is 0 Å². The van der Waals surface area contributed by atoms with Gasteiger partial charge in [0.05, 0.1) is 11.0 Å². The monoisotopic (exact) mass is 218 g/mol.